The van der Waals surface area contributed by atoms with Gasteiger partial charge in [0.1, 0.15) is 5.78 Å². The molecule has 0 spiro atoms. The zero-order chi connectivity index (χ0) is 18.8. The Kier molecular flexibility index (Phi) is 5.48. The molecular formula is C22H31N3O2. The molecule has 0 aromatic heterocycles. The molecule has 27 heavy (non-hydrogen) atoms. The monoisotopic (exact) mass is 369 g/mol. The number of para-hydroxylation sites is 2. The summed E-state index contributed by atoms with van der Waals surface area (Å²) in [5, 5.41) is 3.20. The van der Waals surface area contributed by atoms with Crippen LogP contribution in [0.25, 0.3) is 0 Å². The maximum Gasteiger partial charge on any atom is 0.227 e. The zero-order valence-corrected chi connectivity index (χ0v) is 16.3. The van der Waals surface area contributed by atoms with Gasteiger partial charge in [-0.2, -0.15) is 0 Å². The Morgan fingerprint density at radius 3 is 2.41 bits per heavy atom. The third kappa shape index (κ3) is 3.88. The van der Waals surface area contributed by atoms with E-state index in [4.69, 9.17) is 0 Å². The van der Waals surface area contributed by atoms with Gasteiger partial charge in [0.15, 0.2) is 0 Å². The van der Waals surface area contributed by atoms with E-state index in [-0.39, 0.29) is 23.7 Å². The van der Waals surface area contributed by atoms with Crippen LogP contribution in [0.3, 0.4) is 0 Å². The molecule has 2 unspecified atom stereocenters. The highest BCUT2D eigenvalue weighted by atomic mass is 16.2. The number of carbonyl (C=O) groups excluding carboxylic acids is 2. The highest BCUT2D eigenvalue weighted by Gasteiger charge is 2.41. The van der Waals surface area contributed by atoms with E-state index in [0.29, 0.717) is 5.78 Å². The van der Waals surface area contributed by atoms with Gasteiger partial charge in [-0.25, -0.2) is 0 Å². The molecule has 2 atom stereocenters. The second-order valence-corrected chi connectivity index (χ2v) is 8.32. The number of amides is 1. The molecule has 1 aliphatic heterocycles. The van der Waals surface area contributed by atoms with Crippen molar-refractivity contribution in [1.29, 1.82) is 0 Å². The molecule has 1 N–H and O–H groups in total. The van der Waals surface area contributed by atoms with Gasteiger partial charge in [0.2, 0.25) is 5.91 Å². The second-order valence-electron chi connectivity index (χ2n) is 8.32. The predicted molar refractivity (Wildman–Crippen MR) is 108 cm³/mol. The first-order chi connectivity index (χ1) is 13.2. The van der Waals surface area contributed by atoms with E-state index in [9.17, 15) is 9.59 Å². The van der Waals surface area contributed by atoms with Crippen LogP contribution in [0.1, 0.15) is 39.0 Å². The van der Waals surface area contributed by atoms with Crippen molar-refractivity contribution >= 4 is 23.1 Å². The summed E-state index contributed by atoms with van der Waals surface area (Å²) in [6.07, 6.45) is 4.55. The minimum Gasteiger partial charge on any atom is -0.367 e. The molecule has 1 aromatic carbocycles. The average Bonchev–Trinajstić information content (AvgIpc) is 2.68. The van der Waals surface area contributed by atoms with Crippen molar-refractivity contribution in [3.63, 3.8) is 0 Å². The lowest BCUT2D eigenvalue weighted by atomic mass is 9.67. The molecule has 3 aliphatic rings. The van der Waals surface area contributed by atoms with Crippen LogP contribution in [0, 0.1) is 17.8 Å². The number of carbonyl (C=O) groups is 2. The van der Waals surface area contributed by atoms with Crippen LogP contribution in [0.4, 0.5) is 11.4 Å². The van der Waals surface area contributed by atoms with E-state index in [0.717, 1.165) is 76.2 Å². The van der Waals surface area contributed by atoms with Gasteiger partial charge in [0.25, 0.3) is 0 Å². The van der Waals surface area contributed by atoms with Crippen molar-refractivity contribution in [2.45, 2.75) is 39.0 Å². The van der Waals surface area contributed by atoms with Crippen LogP contribution < -0.4 is 10.2 Å². The Hall–Kier alpha value is -1.88. The van der Waals surface area contributed by atoms with E-state index in [2.05, 4.69) is 28.1 Å². The summed E-state index contributed by atoms with van der Waals surface area (Å²) in [5.41, 5.74) is 2.03. The van der Waals surface area contributed by atoms with Gasteiger partial charge in [0, 0.05) is 43.9 Å². The highest BCUT2D eigenvalue weighted by Crippen LogP contribution is 2.40. The van der Waals surface area contributed by atoms with Crippen LogP contribution >= 0.6 is 0 Å². The molecular weight excluding hydrogens is 338 g/mol. The van der Waals surface area contributed by atoms with Gasteiger partial charge < -0.3 is 15.1 Å². The Bertz CT molecular complexity index is 681. The van der Waals surface area contributed by atoms with E-state index in [1.54, 1.807) is 0 Å². The van der Waals surface area contributed by atoms with Gasteiger partial charge in [-0.1, -0.05) is 25.5 Å². The van der Waals surface area contributed by atoms with Crippen molar-refractivity contribution in [1.82, 2.24) is 4.90 Å². The van der Waals surface area contributed by atoms with E-state index < -0.39 is 0 Å². The van der Waals surface area contributed by atoms with Gasteiger partial charge >= 0.3 is 0 Å². The fourth-order valence-corrected chi connectivity index (χ4v) is 5.09. The number of benzene rings is 1. The number of anilines is 2. The average molecular weight is 370 g/mol. The van der Waals surface area contributed by atoms with Crippen molar-refractivity contribution in [3.8, 4) is 0 Å². The topological polar surface area (TPSA) is 52.6 Å². The molecule has 3 fully saturated rings. The van der Waals surface area contributed by atoms with Crippen molar-refractivity contribution in [2.75, 3.05) is 42.9 Å². The fraction of sp³-hybridized carbons (Fsp3) is 0.636. The molecule has 1 amide bonds. The highest BCUT2D eigenvalue weighted by molar-refractivity contribution is 5.97. The zero-order valence-electron chi connectivity index (χ0n) is 16.3. The van der Waals surface area contributed by atoms with Gasteiger partial charge in [-0.15, -0.1) is 0 Å². The molecule has 2 bridgehead atoms. The van der Waals surface area contributed by atoms with Crippen LogP contribution in [-0.4, -0.2) is 49.3 Å². The lowest BCUT2D eigenvalue weighted by molar-refractivity contribution is -0.136. The van der Waals surface area contributed by atoms with Gasteiger partial charge in [-0.3, -0.25) is 9.59 Å². The summed E-state index contributed by atoms with van der Waals surface area (Å²) in [5.74, 6) is 0.720. The minimum absolute atomic E-state index is 0.0250. The Labute approximate surface area is 162 Å². The van der Waals surface area contributed by atoms with Crippen molar-refractivity contribution < 1.29 is 9.59 Å². The SMILES string of the molecule is CCN1CCN(c2ccccc2NC(=O)C2CC3CCCC(C2)C3=O)CC1. The fourth-order valence-electron chi connectivity index (χ4n) is 5.09. The third-order valence-electron chi connectivity index (χ3n) is 6.74. The van der Waals surface area contributed by atoms with E-state index in [1.807, 2.05) is 18.2 Å². The molecule has 1 saturated heterocycles. The minimum atomic E-state index is -0.0250. The normalized spacial score (nSPS) is 28.9. The summed E-state index contributed by atoms with van der Waals surface area (Å²) in [6.45, 7) is 7.40. The second kappa shape index (κ2) is 8.01. The number of Topliss-reactive ketones (excluding diaryl/α,β-unsaturated/α-hetero) is 1. The molecule has 4 rings (SSSR count). The number of hydrogen-bond acceptors (Lipinski definition) is 4. The molecule has 2 aliphatic carbocycles. The maximum absolute atomic E-state index is 13.0. The van der Waals surface area contributed by atoms with E-state index in [1.165, 1.54) is 0 Å². The van der Waals surface area contributed by atoms with E-state index >= 15 is 0 Å². The molecule has 5 nitrogen and oxygen atoms in total. The first kappa shape index (κ1) is 18.5. The van der Waals surface area contributed by atoms with Crippen LogP contribution in [0.15, 0.2) is 24.3 Å². The molecule has 146 valence electrons. The maximum atomic E-state index is 13.0. The predicted octanol–water partition coefficient (Wildman–Crippen LogP) is 3.16. The molecule has 2 saturated carbocycles. The molecule has 1 heterocycles. The van der Waals surface area contributed by atoms with Crippen LogP contribution in [0.2, 0.25) is 0 Å². The lowest BCUT2D eigenvalue weighted by Gasteiger charge is -2.38. The first-order valence-corrected chi connectivity index (χ1v) is 10.6. The first-order valence-electron chi connectivity index (χ1n) is 10.6. The number of piperazine rings is 1. The Balaban J connectivity index is 1.44. The summed E-state index contributed by atoms with van der Waals surface area (Å²) in [4.78, 5) is 30.1. The van der Waals surface area contributed by atoms with Crippen molar-refractivity contribution in [2.24, 2.45) is 17.8 Å². The number of rotatable bonds is 4. The largest absolute Gasteiger partial charge is 0.367 e. The summed E-state index contributed by atoms with van der Waals surface area (Å²) < 4.78 is 0. The number of nitrogens with one attached hydrogen (secondary N) is 1. The summed E-state index contributed by atoms with van der Waals surface area (Å²) >= 11 is 0. The molecule has 1 aromatic rings. The van der Waals surface area contributed by atoms with Gasteiger partial charge in [-0.05, 0) is 44.4 Å². The standard InChI is InChI=1S/C22H31N3O2/c1-2-24-10-12-25(13-11-24)20-9-4-3-8-19(20)23-22(27)18-14-16-6-5-7-17(15-18)21(16)26/h3-4,8-9,16-18H,2,5-7,10-15H2,1H3,(H,23,27). The quantitative estimate of drug-likeness (QED) is 0.886. The number of nitrogens with zero attached hydrogens (tertiary/aromatic N) is 2. The van der Waals surface area contributed by atoms with Crippen molar-refractivity contribution in [3.05, 3.63) is 24.3 Å². The number of hydrogen-bond donors (Lipinski definition) is 1. The molecule has 5 heteroatoms. The Morgan fingerprint density at radius 1 is 1.07 bits per heavy atom. The number of fused-ring (bicyclic) bond motifs is 2. The number of likely N-dealkylation sites (N-methyl/N-ethyl adjacent to an activating group) is 1. The lowest BCUT2D eigenvalue weighted by Crippen LogP contribution is -2.46. The summed E-state index contributed by atoms with van der Waals surface area (Å²) in [6, 6.07) is 8.14. The Morgan fingerprint density at radius 2 is 1.74 bits per heavy atom. The number of ketones is 1. The van der Waals surface area contributed by atoms with Gasteiger partial charge in [0.05, 0.1) is 11.4 Å². The third-order valence-corrected chi connectivity index (χ3v) is 6.74. The van der Waals surface area contributed by atoms with Crippen LogP contribution in [0.5, 0.6) is 0 Å². The van der Waals surface area contributed by atoms with Crippen LogP contribution in [-0.2, 0) is 9.59 Å². The summed E-state index contributed by atoms with van der Waals surface area (Å²) in [7, 11) is 0. The molecule has 0 radical (unpaired) electrons. The smallest absolute Gasteiger partial charge is 0.227 e.